The number of nitrogens with two attached hydrogens (primary N) is 1. The highest BCUT2D eigenvalue weighted by Gasteiger charge is 2.11. The molecule has 0 atom stereocenters. The lowest BCUT2D eigenvalue weighted by molar-refractivity contribution is 0.609. The number of rotatable bonds is 5. The van der Waals surface area contributed by atoms with Crippen LogP contribution in [0, 0.1) is 19.7 Å². The van der Waals surface area contributed by atoms with Crippen molar-refractivity contribution in [2.24, 2.45) is 5.73 Å². The Morgan fingerprint density at radius 3 is 2.15 bits per heavy atom. The molecule has 0 saturated heterocycles. The van der Waals surface area contributed by atoms with Crippen molar-refractivity contribution >= 4 is 0 Å². The molecule has 0 aliphatic heterocycles. The molecule has 0 radical (unpaired) electrons. The van der Waals surface area contributed by atoms with Gasteiger partial charge < -0.3 is 5.73 Å². The minimum absolute atomic E-state index is 0.133. The number of hydrogen-bond donors (Lipinski definition) is 1. The van der Waals surface area contributed by atoms with Crippen LogP contribution in [-0.2, 0) is 6.42 Å². The molecule has 2 N–H and O–H groups in total. The van der Waals surface area contributed by atoms with E-state index in [0.29, 0.717) is 16.8 Å². The molecule has 2 heteroatoms. The van der Waals surface area contributed by atoms with Crippen molar-refractivity contribution in [1.82, 2.24) is 0 Å². The average molecular weight is 345 g/mol. The van der Waals surface area contributed by atoms with Crippen molar-refractivity contribution in [1.29, 1.82) is 0 Å². The highest BCUT2D eigenvalue weighted by molar-refractivity contribution is 5.74. The zero-order valence-corrected chi connectivity index (χ0v) is 15.4. The highest BCUT2D eigenvalue weighted by atomic mass is 19.1. The SMILES string of the molecule is C=C(N)CCc1cc(-c2ccccc2)ccc1-c1cc(C)c(F)c(C)c1. The van der Waals surface area contributed by atoms with Crippen LogP contribution < -0.4 is 5.73 Å². The second-order valence-electron chi connectivity index (χ2n) is 6.82. The van der Waals surface area contributed by atoms with E-state index in [9.17, 15) is 4.39 Å². The number of allylic oxidation sites excluding steroid dienone is 1. The van der Waals surface area contributed by atoms with E-state index >= 15 is 0 Å². The van der Waals surface area contributed by atoms with Crippen LogP contribution in [0.5, 0.6) is 0 Å². The van der Waals surface area contributed by atoms with E-state index in [-0.39, 0.29) is 5.82 Å². The van der Waals surface area contributed by atoms with E-state index in [4.69, 9.17) is 5.73 Å². The maximum absolute atomic E-state index is 14.0. The molecular weight excluding hydrogens is 321 g/mol. The monoisotopic (exact) mass is 345 g/mol. The van der Waals surface area contributed by atoms with Gasteiger partial charge in [0.05, 0.1) is 0 Å². The van der Waals surface area contributed by atoms with Gasteiger partial charge in [-0.2, -0.15) is 0 Å². The molecule has 0 aromatic heterocycles. The van der Waals surface area contributed by atoms with Crippen molar-refractivity contribution < 1.29 is 4.39 Å². The molecule has 0 heterocycles. The fourth-order valence-electron chi connectivity index (χ4n) is 3.29. The van der Waals surface area contributed by atoms with Crippen LogP contribution in [0.25, 0.3) is 22.3 Å². The summed E-state index contributed by atoms with van der Waals surface area (Å²) in [6, 6.07) is 20.6. The molecule has 3 aromatic rings. The van der Waals surface area contributed by atoms with Crippen molar-refractivity contribution in [3.8, 4) is 22.3 Å². The van der Waals surface area contributed by atoms with Crippen LogP contribution in [0.3, 0.4) is 0 Å². The Morgan fingerprint density at radius 2 is 1.54 bits per heavy atom. The minimum atomic E-state index is -0.133. The summed E-state index contributed by atoms with van der Waals surface area (Å²) in [5, 5.41) is 0. The fraction of sp³-hybridized carbons (Fsp3) is 0.167. The Morgan fingerprint density at radius 1 is 0.885 bits per heavy atom. The van der Waals surface area contributed by atoms with Gasteiger partial charge in [-0.05, 0) is 77.8 Å². The Hall–Kier alpha value is -2.87. The summed E-state index contributed by atoms with van der Waals surface area (Å²) in [6.45, 7) is 7.44. The Balaban J connectivity index is 2.10. The Kier molecular flexibility index (Phi) is 5.22. The maximum Gasteiger partial charge on any atom is 0.129 e. The number of hydrogen-bond acceptors (Lipinski definition) is 1. The molecule has 1 nitrogen and oxygen atoms in total. The quantitative estimate of drug-likeness (QED) is 0.587. The summed E-state index contributed by atoms with van der Waals surface area (Å²) in [5.74, 6) is -0.133. The molecule has 0 spiro atoms. The van der Waals surface area contributed by atoms with Gasteiger partial charge in [0.25, 0.3) is 0 Å². The Labute approximate surface area is 155 Å². The molecule has 0 unspecified atom stereocenters. The van der Waals surface area contributed by atoms with Crippen molar-refractivity contribution in [2.75, 3.05) is 0 Å². The van der Waals surface area contributed by atoms with Gasteiger partial charge in [0.1, 0.15) is 5.82 Å². The first-order chi connectivity index (χ1) is 12.5. The largest absolute Gasteiger partial charge is 0.403 e. The van der Waals surface area contributed by atoms with Gasteiger partial charge >= 0.3 is 0 Å². The predicted molar refractivity (Wildman–Crippen MR) is 108 cm³/mol. The van der Waals surface area contributed by atoms with Gasteiger partial charge in [-0.3, -0.25) is 0 Å². The smallest absolute Gasteiger partial charge is 0.129 e. The summed E-state index contributed by atoms with van der Waals surface area (Å²) in [5.41, 5.74) is 13.5. The number of benzene rings is 3. The van der Waals surface area contributed by atoms with Crippen LogP contribution in [0.1, 0.15) is 23.1 Å². The van der Waals surface area contributed by atoms with E-state index in [0.717, 1.165) is 24.0 Å². The molecular formula is C24H24FN. The molecule has 0 aliphatic carbocycles. The third-order valence-corrected chi connectivity index (χ3v) is 4.68. The van der Waals surface area contributed by atoms with Crippen LogP contribution in [0.4, 0.5) is 4.39 Å². The molecule has 3 aromatic carbocycles. The predicted octanol–water partition coefficient (Wildman–Crippen LogP) is 6.18. The van der Waals surface area contributed by atoms with Crippen molar-refractivity contribution in [3.63, 3.8) is 0 Å². The summed E-state index contributed by atoms with van der Waals surface area (Å²) in [4.78, 5) is 0. The number of aryl methyl sites for hydroxylation is 3. The van der Waals surface area contributed by atoms with Crippen LogP contribution in [-0.4, -0.2) is 0 Å². The van der Waals surface area contributed by atoms with Crippen LogP contribution in [0.2, 0.25) is 0 Å². The third kappa shape index (κ3) is 3.85. The fourth-order valence-corrected chi connectivity index (χ4v) is 3.29. The molecule has 0 bridgehead atoms. The van der Waals surface area contributed by atoms with Crippen LogP contribution in [0.15, 0.2) is 72.9 Å². The lowest BCUT2D eigenvalue weighted by Crippen LogP contribution is -1.99. The van der Waals surface area contributed by atoms with Gasteiger partial charge in [0.2, 0.25) is 0 Å². The van der Waals surface area contributed by atoms with Crippen molar-refractivity contribution in [2.45, 2.75) is 26.7 Å². The summed E-state index contributed by atoms with van der Waals surface area (Å²) in [6.07, 6.45) is 1.53. The Bertz CT molecular complexity index is 919. The lowest BCUT2D eigenvalue weighted by atomic mass is 9.91. The first-order valence-electron chi connectivity index (χ1n) is 8.84. The topological polar surface area (TPSA) is 26.0 Å². The van der Waals surface area contributed by atoms with E-state index in [1.165, 1.54) is 16.7 Å². The van der Waals surface area contributed by atoms with Gasteiger partial charge in [0, 0.05) is 5.70 Å². The third-order valence-electron chi connectivity index (χ3n) is 4.68. The minimum Gasteiger partial charge on any atom is -0.403 e. The molecule has 0 saturated carbocycles. The summed E-state index contributed by atoms with van der Waals surface area (Å²) < 4.78 is 14.0. The van der Waals surface area contributed by atoms with E-state index in [1.54, 1.807) is 0 Å². The second-order valence-corrected chi connectivity index (χ2v) is 6.82. The van der Waals surface area contributed by atoms with E-state index < -0.39 is 0 Å². The molecule has 3 rings (SSSR count). The highest BCUT2D eigenvalue weighted by Crippen LogP contribution is 2.32. The maximum atomic E-state index is 14.0. The second kappa shape index (κ2) is 7.57. The van der Waals surface area contributed by atoms with E-state index in [2.05, 4.69) is 36.9 Å². The summed E-state index contributed by atoms with van der Waals surface area (Å²) in [7, 11) is 0. The standard InChI is InChI=1S/C24H24FN/c1-16-13-22(14-17(2)24(16)25)23-12-11-20(19-7-5-4-6-8-19)15-21(23)10-9-18(3)26/h4-8,11-15H,3,9-10,26H2,1-2H3. The summed E-state index contributed by atoms with van der Waals surface area (Å²) >= 11 is 0. The zero-order valence-electron chi connectivity index (χ0n) is 15.4. The first kappa shape index (κ1) is 17.9. The van der Waals surface area contributed by atoms with Gasteiger partial charge in [-0.15, -0.1) is 0 Å². The first-order valence-corrected chi connectivity index (χ1v) is 8.84. The van der Waals surface area contributed by atoms with Gasteiger partial charge in [-0.1, -0.05) is 55.1 Å². The molecule has 0 aliphatic rings. The molecule has 132 valence electrons. The van der Waals surface area contributed by atoms with Crippen molar-refractivity contribution in [3.05, 3.63) is 95.4 Å². The normalized spacial score (nSPS) is 10.7. The number of halogens is 1. The van der Waals surface area contributed by atoms with Crippen LogP contribution >= 0.6 is 0 Å². The molecule has 0 fully saturated rings. The van der Waals surface area contributed by atoms with E-state index in [1.807, 2.05) is 44.2 Å². The average Bonchev–Trinajstić information content (AvgIpc) is 2.64. The van der Waals surface area contributed by atoms with Gasteiger partial charge in [-0.25, -0.2) is 4.39 Å². The molecule has 0 amide bonds. The lowest BCUT2D eigenvalue weighted by Gasteiger charge is -2.14. The molecule has 26 heavy (non-hydrogen) atoms. The zero-order chi connectivity index (χ0) is 18.7. The van der Waals surface area contributed by atoms with Gasteiger partial charge in [0.15, 0.2) is 0 Å².